The van der Waals surface area contributed by atoms with Crippen LogP contribution in [0.3, 0.4) is 0 Å². The van der Waals surface area contributed by atoms with Crippen molar-refractivity contribution < 1.29 is 14.3 Å². The molecule has 1 aromatic carbocycles. The molecule has 120 valence electrons. The molecule has 1 saturated carbocycles. The van der Waals surface area contributed by atoms with Crippen LogP contribution in [0.1, 0.15) is 43.6 Å². The van der Waals surface area contributed by atoms with E-state index < -0.39 is 0 Å². The van der Waals surface area contributed by atoms with E-state index in [0.29, 0.717) is 18.6 Å². The van der Waals surface area contributed by atoms with Crippen LogP contribution in [0.4, 0.5) is 4.79 Å². The molecule has 1 saturated heterocycles. The average Bonchev–Trinajstić information content (AvgIpc) is 3.18. The van der Waals surface area contributed by atoms with E-state index in [-0.39, 0.29) is 5.37 Å². The lowest BCUT2D eigenvalue weighted by Gasteiger charge is -2.19. The number of nitrogens with zero attached hydrogens (tertiary/aromatic N) is 1. The maximum Gasteiger partial charge on any atom is 0.316 e. The van der Waals surface area contributed by atoms with Crippen LogP contribution in [0.2, 0.25) is 0 Å². The molecule has 1 aromatic rings. The van der Waals surface area contributed by atoms with Gasteiger partial charge in [-0.25, -0.2) is 0 Å². The molecule has 0 spiro atoms. The topological polar surface area (TPSA) is 38.8 Å². The van der Waals surface area contributed by atoms with Crippen molar-refractivity contribution >= 4 is 17.0 Å². The maximum absolute atomic E-state index is 11.3. The summed E-state index contributed by atoms with van der Waals surface area (Å²) in [6.07, 6.45) is 5.95. The van der Waals surface area contributed by atoms with Gasteiger partial charge in [0.25, 0.3) is 0 Å². The van der Waals surface area contributed by atoms with Crippen LogP contribution in [-0.2, 0) is 0 Å². The molecular formula is C17H22ClNO3. The number of hydrogen-bond donors (Lipinski definition) is 0. The molecular weight excluding hydrogens is 302 g/mol. The monoisotopic (exact) mass is 323 g/mol. The first-order chi connectivity index (χ1) is 10.7. The second kappa shape index (κ2) is 6.78. The van der Waals surface area contributed by atoms with E-state index in [1.165, 1.54) is 18.4 Å². The van der Waals surface area contributed by atoms with Crippen LogP contribution in [0.5, 0.6) is 11.5 Å². The minimum Gasteiger partial charge on any atom is -0.493 e. The Hall–Kier alpha value is -1.42. The molecule has 1 aliphatic heterocycles. The molecule has 1 atom stereocenters. The van der Waals surface area contributed by atoms with Crippen molar-refractivity contribution in [2.45, 2.75) is 44.1 Å². The zero-order valence-corrected chi connectivity index (χ0v) is 13.6. The van der Waals surface area contributed by atoms with Gasteiger partial charge in [-0.1, -0.05) is 6.07 Å². The number of benzene rings is 1. The van der Waals surface area contributed by atoms with Crippen LogP contribution < -0.4 is 9.47 Å². The highest BCUT2D eigenvalue weighted by atomic mass is 35.5. The van der Waals surface area contributed by atoms with Crippen molar-refractivity contribution in [3.8, 4) is 11.5 Å². The van der Waals surface area contributed by atoms with Crippen LogP contribution in [-0.4, -0.2) is 36.6 Å². The minimum absolute atomic E-state index is 0.300. The van der Waals surface area contributed by atoms with Gasteiger partial charge >= 0.3 is 5.37 Å². The van der Waals surface area contributed by atoms with Gasteiger partial charge in [0.1, 0.15) is 0 Å². The number of ether oxygens (including phenoxy) is 2. The first-order valence-corrected chi connectivity index (χ1v) is 8.34. The molecule has 0 N–H and O–H groups in total. The number of likely N-dealkylation sites (tertiary alicyclic amines) is 1. The van der Waals surface area contributed by atoms with Gasteiger partial charge in [0.2, 0.25) is 0 Å². The number of hydrogen-bond acceptors (Lipinski definition) is 3. The molecule has 2 fully saturated rings. The Balaban J connectivity index is 1.76. The van der Waals surface area contributed by atoms with Crippen molar-refractivity contribution in [1.29, 1.82) is 0 Å². The Morgan fingerprint density at radius 3 is 2.64 bits per heavy atom. The smallest absolute Gasteiger partial charge is 0.316 e. The third kappa shape index (κ3) is 3.32. The number of carbonyl (C=O) groups excluding carboxylic acids is 1. The summed E-state index contributed by atoms with van der Waals surface area (Å²) in [5.41, 5.74) is 1.19. The van der Waals surface area contributed by atoms with Gasteiger partial charge in [-0.3, -0.25) is 4.79 Å². The Labute approximate surface area is 136 Å². The van der Waals surface area contributed by atoms with Gasteiger partial charge in [-0.05, 0) is 61.4 Å². The van der Waals surface area contributed by atoms with E-state index in [2.05, 4.69) is 12.1 Å². The quantitative estimate of drug-likeness (QED) is 0.616. The molecule has 22 heavy (non-hydrogen) atoms. The lowest BCUT2D eigenvalue weighted by Crippen LogP contribution is -2.22. The van der Waals surface area contributed by atoms with Crippen LogP contribution in [0.15, 0.2) is 18.2 Å². The predicted octanol–water partition coefficient (Wildman–Crippen LogP) is 4.16. The minimum atomic E-state index is -0.363. The normalized spacial score (nSPS) is 22.1. The Kier molecular flexibility index (Phi) is 4.77. The highest BCUT2D eigenvalue weighted by molar-refractivity contribution is 6.62. The molecule has 4 nitrogen and oxygen atoms in total. The van der Waals surface area contributed by atoms with Crippen LogP contribution in [0.25, 0.3) is 0 Å². The van der Waals surface area contributed by atoms with Gasteiger partial charge in [-0.2, -0.15) is 0 Å². The second-order valence-electron chi connectivity index (χ2n) is 6.12. The largest absolute Gasteiger partial charge is 0.493 e. The molecule has 0 radical (unpaired) electrons. The summed E-state index contributed by atoms with van der Waals surface area (Å²) in [6, 6.07) is 6.10. The average molecular weight is 324 g/mol. The molecule has 2 aliphatic rings. The molecule has 3 rings (SSSR count). The third-order valence-corrected chi connectivity index (χ3v) is 4.93. The zero-order chi connectivity index (χ0) is 15.5. The van der Waals surface area contributed by atoms with Crippen molar-refractivity contribution in [3.63, 3.8) is 0 Å². The molecule has 0 bridgehead atoms. The molecule has 1 amide bonds. The first kappa shape index (κ1) is 15.5. The number of rotatable bonds is 4. The summed E-state index contributed by atoms with van der Waals surface area (Å²) in [4.78, 5) is 13.0. The van der Waals surface area contributed by atoms with Crippen molar-refractivity contribution in [2.24, 2.45) is 0 Å². The fourth-order valence-corrected chi connectivity index (χ4v) is 3.57. The predicted molar refractivity (Wildman–Crippen MR) is 86.1 cm³/mol. The van der Waals surface area contributed by atoms with E-state index in [1.807, 2.05) is 6.07 Å². The SMILES string of the molecule is COc1ccc(C2CCN(C(=O)Cl)C2)cc1OC1CCCC1. The third-order valence-electron chi connectivity index (χ3n) is 4.69. The summed E-state index contributed by atoms with van der Waals surface area (Å²) in [7, 11) is 1.67. The second-order valence-corrected chi connectivity index (χ2v) is 6.44. The number of methoxy groups -OCH3 is 1. The van der Waals surface area contributed by atoms with Gasteiger partial charge in [0.15, 0.2) is 11.5 Å². The van der Waals surface area contributed by atoms with Gasteiger partial charge in [0.05, 0.1) is 13.2 Å². The van der Waals surface area contributed by atoms with E-state index in [9.17, 15) is 4.79 Å². The lowest BCUT2D eigenvalue weighted by atomic mass is 9.98. The van der Waals surface area contributed by atoms with E-state index in [4.69, 9.17) is 21.1 Å². The Morgan fingerprint density at radius 1 is 1.23 bits per heavy atom. The highest BCUT2D eigenvalue weighted by Gasteiger charge is 2.27. The summed E-state index contributed by atoms with van der Waals surface area (Å²) in [5, 5.41) is -0.363. The number of halogens is 1. The van der Waals surface area contributed by atoms with E-state index in [0.717, 1.165) is 37.3 Å². The summed E-state index contributed by atoms with van der Waals surface area (Å²) in [6.45, 7) is 1.40. The first-order valence-electron chi connectivity index (χ1n) is 7.96. The summed E-state index contributed by atoms with van der Waals surface area (Å²) in [5.74, 6) is 1.92. The van der Waals surface area contributed by atoms with Crippen molar-refractivity contribution in [2.75, 3.05) is 20.2 Å². The van der Waals surface area contributed by atoms with Gasteiger partial charge < -0.3 is 14.4 Å². The van der Waals surface area contributed by atoms with Gasteiger partial charge in [-0.15, -0.1) is 0 Å². The molecule has 5 heteroatoms. The number of carbonyl (C=O) groups is 1. The standard InChI is InChI=1S/C17H22ClNO3/c1-21-15-7-6-12(13-8-9-19(11-13)17(18)20)10-16(15)22-14-4-2-3-5-14/h6-7,10,13-14H,2-5,8-9,11H2,1H3. The summed E-state index contributed by atoms with van der Waals surface area (Å²) >= 11 is 5.57. The Bertz CT molecular complexity index is 543. The molecule has 0 aromatic heterocycles. The molecule has 1 unspecified atom stereocenters. The zero-order valence-electron chi connectivity index (χ0n) is 12.9. The van der Waals surface area contributed by atoms with Crippen molar-refractivity contribution in [1.82, 2.24) is 4.90 Å². The Morgan fingerprint density at radius 2 is 2.00 bits per heavy atom. The summed E-state index contributed by atoms with van der Waals surface area (Å²) < 4.78 is 11.6. The van der Waals surface area contributed by atoms with E-state index >= 15 is 0 Å². The highest BCUT2D eigenvalue weighted by Crippen LogP contribution is 2.36. The lowest BCUT2D eigenvalue weighted by molar-refractivity contribution is 0.200. The van der Waals surface area contributed by atoms with E-state index in [1.54, 1.807) is 12.0 Å². The van der Waals surface area contributed by atoms with Gasteiger partial charge in [0, 0.05) is 19.0 Å². The van der Waals surface area contributed by atoms with Crippen molar-refractivity contribution in [3.05, 3.63) is 23.8 Å². The fraction of sp³-hybridized carbons (Fsp3) is 0.588. The van der Waals surface area contributed by atoms with Crippen LogP contribution in [0, 0.1) is 0 Å². The van der Waals surface area contributed by atoms with Crippen LogP contribution >= 0.6 is 11.6 Å². The maximum atomic E-state index is 11.3. The molecule has 1 heterocycles. The molecule has 1 aliphatic carbocycles. The fourth-order valence-electron chi connectivity index (χ4n) is 3.42. The number of amides is 1.